The standard InChI is InChI=1S/C13H24N2O4S/c14-12-4-2-1-3-11(12)13(17)15(6-7-16)10-5-8-20(18,19)9-10/h10-12,16H,1-9,14H2. The summed E-state index contributed by atoms with van der Waals surface area (Å²) in [6.07, 6.45) is 4.10. The lowest BCUT2D eigenvalue weighted by Crippen LogP contribution is -2.50. The van der Waals surface area contributed by atoms with Crippen LogP contribution >= 0.6 is 0 Å². The van der Waals surface area contributed by atoms with E-state index < -0.39 is 9.84 Å². The zero-order valence-electron chi connectivity index (χ0n) is 11.7. The molecule has 2 fully saturated rings. The maximum absolute atomic E-state index is 12.6. The van der Waals surface area contributed by atoms with Crippen molar-refractivity contribution in [3.8, 4) is 0 Å². The number of rotatable bonds is 4. The van der Waals surface area contributed by atoms with Gasteiger partial charge in [-0.3, -0.25) is 4.79 Å². The monoisotopic (exact) mass is 304 g/mol. The largest absolute Gasteiger partial charge is 0.395 e. The molecule has 1 heterocycles. The molecular formula is C13H24N2O4S. The third-order valence-corrected chi connectivity index (χ3v) is 6.16. The van der Waals surface area contributed by atoms with Crippen LogP contribution in [0.3, 0.4) is 0 Å². The van der Waals surface area contributed by atoms with Crippen molar-refractivity contribution in [1.29, 1.82) is 0 Å². The second-order valence-electron chi connectivity index (χ2n) is 5.87. The third-order valence-electron chi connectivity index (χ3n) is 4.41. The normalized spacial score (nSPS) is 33.0. The molecule has 3 unspecified atom stereocenters. The van der Waals surface area contributed by atoms with E-state index >= 15 is 0 Å². The Morgan fingerprint density at radius 2 is 1.95 bits per heavy atom. The van der Waals surface area contributed by atoms with Crippen molar-refractivity contribution >= 4 is 15.7 Å². The summed E-state index contributed by atoms with van der Waals surface area (Å²) in [6.45, 7) is 0.0481. The average molecular weight is 304 g/mol. The fourth-order valence-corrected chi connectivity index (χ4v) is 5.01. The van der Waals surface area contributed by atoms with Gasteiger partial charge in [-0.2, -0.15) is 0 Å². The van der Waals surface area contributed by atoms with Crippen LogP contribution in [-0.2, 0) is 14.6 Å². The topological polar surface area (TPSA) is 101 Å². The fourth-order valence-electron chi connectivity index (χ4n) is 3.28. The van der Waals surface area contributed by atoms with Gasteiger partial charge in [-0.05, 0) is 19.3 Å². The van der Waals surface area contributed by atoms with Gasteiger partial charge in [0.2, 0.25) is 5.91 Å². The Bertz CT molecular complexity index is 451. The molecule has 6 nitrogen and oxygen atoms in total. The maximum Gasteiger partial charge on any atom is 0.227 e. The van der Waals surface area contributed by atoms with Crippen LogP contribution < -0.4 is 5.73 Å². The molecular weight excluding hydrogens is 280 g/mol. The molecule has 20 heavy (non-hydrogen) atoms. The molecule has 1 aliphatic carbocycles. The number of sulfone groups is 1. The summed E-state index contributed by atoms with van der Waals surface area (Å²) >= 11 is 0. The van der Waals surface area contributed by atoms with Crippen molar-refractivity contribution in [2.24, 2.45) is 11.7 Å². The van der Waals surface area contributed by atoms with Gasteiger partial charge in [0, 0.05) is 18.6 Å². The van der Waals surface area contributed by atoms with Crippen LogP contribution in [-0.4, -0.2) is 61.1 Å². The number of aliphatic hydroxyl groups is 1. The summed E-state index contributed by atoms with van der Waals surface area (Å²) in [4.78, 5) is 14.2. The highest BCUT2D eigenvalue weighted by atomic mass is 32.2. The minimum atomic E-state index is -3.04. The van der Waals surface area contributed by atoms with E-state index in [-0.39, 0.29) is 48.6 Å². The summed E-state index contributed by atoms with van der Waals surface area (Å²) in [5.41, 5.74) is 6.04. The number of carbonyl (C=O) groups is 1. The minimum Gasteiger partial charge on any atom is -0.395 e. The number of amides is 1. The smallest absolute Gasteiger partial charge is 0.227 e. The predicted octanol–water partition coefficient (Wildman–Crippen LogP) is -0.488. The zero-order valence-corrected chi connectivity index (χ0v) is 12.5. The number of carbonyl (C=O) groups excluding carboxylic acids is 1. The van der Waals surface area contributed by atoms with Gasteiger partial charge in [0.25, 0.3) is 0 Å². The highest BCUT2D eigenvalue weighted by Crippen LogP contribution is 2.27. The van der Waals surface area contributed by atoms with E-state index in [9.17, 15) is 13.2 Å². The first-order valence-electron chi connectivity index (χ1n) is 7.32. The van der Waals surface area contributed by atoms with E-state index in [1.54, 1.807) is 4.90 Å². The highest BCUT2D eigenvalue weighted by molar-refractivity contribution is 7.91. The molecule has 0 spiro atoms. The Balaban J connectivity index is 2.09. The SMILES string of the molecule is NC1CCCCC1C(=O)N(CCO)C1CCS(=O)(=O)C1. The second-order valence-corrected chi connectivity index (χ2v) is 8.10. The maximum atomic E-state index is 12.6. The van der Waals surface area contributed by atoms with Gasteiger partial charge in [-0.15, -0.1) is 0 Å². The molecule has 1 amide bonds. The van der Waals surface area contributed by atoms with E-state index in [1.165, 1.54) is 0 Å². The minimum absolute atomic E-state index is 0.0146. The number of nitrogens with two attached hydrogens (primary N) is 1. The first-order chi connectivity index (χ1) is 9.44. The molecule has 7 heteroatoms. The van der Waals surface area contributed by atoms with Crippen molar-refractivity contribution in [3.05, 3.63) is 0 Å². The van der Waals surface area contributed by atoms with Gasteiger partial charge >= 0.3 is 0 Å². The molecule has 1 saturated heterocycles. The van der Waals surface area contributed by atoms with Gasteiger partial charge < -0.3 is 15.7 Å². The lowest BCUT2D eigenvalue weighted by atomic mass is 9.84. The van der Waals surface area contributed by atoms with Crippen LogP contribution in [0.15, 0.2) is 0 Å². The zero-order chi connectivity index (χ0) is 14.8. The van der Waals surface area contributed by atoms with Crippen molar-refractivity contribution in [3.63, 3.8) is 0 Å². The van der Waals surface area contributed by atoms with E-state index in [0.29, 0.717) is 6.42 Å². The number of nitrogens with zero attached hydrogens (tertiary/aromatic N) is 1. The summed E-state index contributed by atoms with van der Waals surface area (Å²) < 4.78 is 23.2. The van der Waals surface area contributed by atoms with E-state index in [2.05, 4.69) is 0 Å². The van der Waals surface area contributed by atoms with Crippen LogP contribution in [0.25, 0.3) is 0 Å². The van der Waals surface area contributed by atoms with E-state index in [1.807, 2.05) is 0 Å². The van der Waals surface area contributed by atoms with Crippen LogP contribution in [0.1, 0.15) is 32.1 Å². The van der Waals surface area contributed by atoms with E-state index in [0.717, 1.165) is 25.7 Å². The molecule has 3 N–H and O–H groups in total. The molecule has 0 radical (unpaired) electrons. The van der Waals surface area contributed by atoms with Crippen LogP contribution in [0.5, 0.6) is 0 Å². The summed E-state index contributed by atoms with van der Waals surface area (Å²) in [5.74, 6) is -0.156. The van der Waals surface area contributed by atoms with Crippen molar-refractivity contribution in [1.82, 2.24) is 4.90 Å². The first-order valence-corrected chi connectivity index (χ1v) is 9.14. The van der Waals surface area contributed by atoms with Crippen LogP contribution in [0, 0.1) is 5.92 Å². The molecule has 3 atom stereocenters. The van der Waals surface area contributed by atoms with Gasteiger partial charge in [0.1, 0.15) is 0 Å². The molecule has 2 aliphatic rings. The lowest BCUT2D eigenvalue weighted by molar-refractivity contribution is -0.139. The molecule has 0 bridgehead atoms. The number of hydrogen-bond donors (Lipinski definition) is 2. The molecule has 0 aromatic heterocycles. The van der Waals surface area contributed by atoms with Gasteiger partial charge in [-0.25, -0.2) is 8.42 Å². The Morgan fingerprint density at radius 3 is 2.50 bits per heavy atom. The first kappa shape index (κ1) is 15.7. The Morgan fingerprint density at radius 1 is 1.25 bits per heavy atom. The summed E-state index contributed by atoms with van der Waals surface area (Å²) in [7, 11) is -3.04. The van der Waals surface area contributed by atoms with Crippen molar-refractivity contribution in [2.45, 2.75) is 44.2 Å². The summed E-state index contributed by atoms with van der Waals surface area (Å²) in [6, 6.07) is -0.441. The van der Waals surface area contributed by atoms with Gasteiger partial charge in [0.05, 0.1) is 24.0 Å². The number of aliphatic hydroxyl groups excluding tert-OH is 1. The van der Waals surface area contributed by atoms with Crippen LogP contribution in [0.2, 0.25) is 0 Å². The van der Waals surface area contributed by atoms with Gasteiger partial charge in [-0.1, -0.05) is 12.8 Å². The second kappa shape index (κ2) is 6.41. The quantitative estimate of drug-likeness (QED) is 0.730. The van der Waals surface area contributed by atoms with Crippen LogP contribution in [0.4, 0.5) is 0 Å². The molecule has 1 saturated carbocycles. The third kappa shape index (κ3) is 3.51. The predicted molar refractivity (Wildman–Crippen MR) is 75.8 cm³/mol. The Kier molecular flexibility index (Phi) is 5.04. The molecule has 116 valence electrons. The number of hydrogen-bond acceptors (Lipinski definition) is 5. The molecule has 2 rings (SSSR count). The van der Waals surface area contributed by atoms with Crippen molar-refractivity contribution < 1.29 is 18.3 Å². The summed E-state index contributed by atoms with van der Waals surface area (Å²) in [5, 5.41) is 9.17. The van der Waals surface area contributed by atoms with Crippen molar-refractivity contribution in [2.75, 3.05) is 24.7 Å². The van der Waals surface area contributed by atoms with E-state index in [4.69, 9.17) is 10.8 Å². The Labute approximate surface area is 120 Å². The average Bonchev–Trinajstić information content (AvgIpc) is 2.76. The molecule has 0 aromatic rings. The fraction of sp³-hybridized carbons (Fsp3) is 0.923. The van der Waals surface area contributed by atoms with Gasteiger partial charge in [0.15, 0.2) is 9.84 Å². The molecule has 1 aliphatic heterocycles. The lowest BCUT2D eigenvalue weighted by Gasteiger charge is -2.35. The Hall–Kier alpha value is -0.660. The highest BCUT2D eigenvalue weighted by Gasteiger charge is 2.38. The molecule has 0 aromatic carbocycles.